The van der Waals surface area contributed by atoms with Crippen LogP contribution in [-0.2, 0) is 9.47 Å². The lowest BCUT2D eigenvalue weighted by atomic mass is 10.1. The Balaban J connectivity index is 1.54. The van der Waals surface area contributed by atoms with Gasteiger partial charge in [0.05, 0.1) is 37.7 Å². The molecule has 0 amide bonds. The third-order valence-electron chi connectivity index (χ3n) is 6.41. The van der Waals surface area contributed by atoms with E-state index in [0.29, 0.717) is 18.8 Å². The molecule has 0 bridgehead atoms. The highest BCUT2D eigenvalue weighted by molar-refractivity contribution is 5.80. The molecule has 1 N–H and O–H groups in total. The molecule has 7 heteroatoms. The van der Waals surface area contributed by atoms with E-state index < -0.39 is 0 Å². The first kappa shape index (κ1) is 24.1. The van der Waals surface area contributed by atoms with Crippen LogP contribution in [0.2, 0.25) is 0 Å². The lowest BCUT2D eigenvalue weighted by Gasteiger charge is -2.35. The number of aliphatic imine (C=N–C) groups is 1. The van der Waals surface area contributed by atoms with Crippen molar-refractivity contribution in [3.63, 3.8) is 0 Å². The van der Waals surface area contributed by atoms with Gasteiger partial charge in [-0.2, -0.15) is 0 Å². The van der Waals surface area contributed by atoms with Crippen LogP contribution >= 0.6 is 0 Å². The normalized spacial score (nSPS) is 22.1. The number of nitrogens with zero attached hydrogens (tertiary/aromatic N) is 3. The number of likely N-dealkylation sites (tertiary alicyclic amines) is 1. The first-order valence-electron chi connectivity index (χ1n) is 12.3. The van der Waals surface area contributed by atoms with E-state index in [1.54, 1.807) is 6.26 Å². The van der Waals surface area contributed by atoms with Crippen molar-refractivity contribution in [3.05, 3.63) is 24.2 Å². The molecule has 0 aliphatic carbocycles. The molecule has 2 saturated heterocycles. The van der Waals surface area contributed by atoms with Crippen molar-refractivity contribution in [1.29, 1.82) is 0 Å². The largest absolute Gasteiger partial charge is 0.468 e. The Morgan fingerprint density at radius 3 is 2.65 bits per heavy atom. The van der Waals surface area contributed by atoms with E-state index >= 15 is 0 Å². The van der Waals surface area contributed by atoms with Crippen LogP contribution in [0.3, 0.4) is 0 Å². The van der Waals surface area contributed by atoms with Crippen molar-refractivity contribution in [2.75, 3.05) is 52.5 Å². The van der Waals surface area contributed by atoms with E-state index in [0.717, 1.165) is 76.9 Å². The van der Waals surface area contributed by atoms with Gasteiger partial charge in [0.15, 0.2) is 5.96 Å². The molecule has 3 heterocycles. The lowest BCUT2D eigenvalue weighted by Crippen LogP contribution is -2.47. The molecule has 0 radical (unpaired) electrons. The van der Waals surface area contributed by atoms with Gasteiger partial charge in [0.25, 0.3) is 0 Å². The second-order valence-corrected chi connectivity index (χ2v) is 8.46. The Morgan fingerprint density at radius 1 is 1.23 bits per heavy atom. The van der Waals surface area contributed by atoms with Crippen molar-refractivity contribution in [3.8, 4) is 0 Å². The molecule has 2 unspecified atom stereocenters. The van der Waals surface area contributed by atoms with Crippen LogP contribution in [0.1, 0.15) is 64.7 Å². The number of piperidine rings is 1. The van der Waals surface area contributed by atoms with E-state index in [1.165, 1.54) is 12.8 Å². The first-order valence-corrected chi connectivity index (χ1v) is 12.3. The zero-order chi connectivity index (χ0) is 21.9. The molecule has 0 spiro atoms. The van der Waals surface area contributed by atoms with Gasteiger partial charge >= 0.3 is 0 Å². The summed E-state index contributed by atoms with van der Waals surface area (Å²) >= 11 is 0. The number of hydrogen-bond donors (Lipinski definition) is 1. The van der Waals surface area contributed by atoms with Crippen molar-refractivity contribution < 1.29 is 13.9 Å². The van der Waals surface area contributed by atoms with E-state index in [4.69, 9.17) is 18.9 Å². The molecule has 3 rings (SSSR count). The zero-order valence-electron chi connectivity index (χ0n) is 19.7. The maximum atomic E-state index is 6.19. The maximum absolute atomic E-state index is 6.19. The van der Waals surface area contributed by atoms with Crippen LogP contribution in [0, 0.1) is 0 Å². The van der Waals surface area contributed by atoms with Crippen molar-refractivity contribution >= 4 is 5.96 Å². The van der Waals surface area contributed by atoms with Crippen LogP contribution in [0.25, 0.3) is 0 Å². The fourth-order valence-electron chi connectivity index (χ4n) is 4.55. The third kappa shape index (κ3) is 7.22. The molecule has 1 aromatic heterocycles. The van der Waals surface area contributed by atoms with Crippen molar-refractivity contribution in [1.82, 2.24) is 15.1 Å². The monoisotopic (exact) mass is 434 g/mol. The molecule has 2 aliphatic heterocycles. The summed E-state index contributed by atoms with van der Waals surface area (Å²) in [6.07, 6.45) is 8.05. The zero-order valence-corrected chi connectivity index (χ0v) is 19.7. The fraction of sp³-hybridized carbons (Fsp3) is 0.792. The molecule has 7 nitrogen and oxygen atoms in total. The molecular formula is C24H42N4O3. The predicted octanol–water partition coefficient (Wildman–Crippen LogP) is 3.68. The van der Waals surface area contributed by atoms with Gasteiger partial charge in [-0.3, -0.25) is 9.89 Å². The molecule has 2 fully saturated rings. The maximum Gasteiger partial charge on any atom is 0.193 e. The second kappa shape index (κ2) is 13.1. The Bertz CT molecular complexity index is 619. The summed E-state index contributed by atoms with van der Waals surface area (Å²) in [5.74, 6) is 1.99. The highest BCUT2D eigenvalue weighted by Crippen LogP contribution is 2.22. The van der Waals surface area contributed by atoms with Gasteiger partial charge in [-0.25, -0.2) is 0 Å². The Labute approximate surface area is 188 Å². The number of nitrogens with one attached hydrogen (secondary N) is 1. The predicted molar refractivity (Wildman–Crippen MR) is 124 cm³/mol. The summed E-state index contributed by atoms with van der Waals surface area (Å²) in [5, 5.41) is 3.49. The molecule has 176 valence electrons. The van der Waals surface area contributed by atoms with E-state index in [-0.39, 0.29) is 6.04 Å². The number of furan rings is 1. The lowest BCUT2D eigenvalue weighted by molar-refractivity contribution is -0.0721. The smallest absolute Gasteiger partial charge is 0.193 e. The summed E-state index contributed by atoms with van der Waals surface area (Å²) in [6.45, 7) is 13.6. The van der Waals surface area contributed by atoms with Crippen molar-refractivity contribution in [2.45, 2.75) is 71.1 Å². The standard InChI is InChI=1S/C24H42N4O3/c1-4-25-24(26-18-22(27(5-2)6-3)23-11-9-17-30-23)28-14-12-20(13-15-28)31-19-21-10-7-8-16-29-21/h9,11,17,20-22H,4-8,10,12-16,18-19H2,1-3H3,(H,25,26). The molecular weight excluding hydrogens is 392 g/mol. The van der Waals surface area contributed by atoms with Crippen LogP contribution < -0.4 is 5.32 Å². The molecule has 2 atom stereocenters. The summed E-state index contributed by atoms with van der Waals surface area (Å²) in [6, 6.07) is 4.18. The SMILES string of the molecule is CCNC(=NCC(c1ccco1)N(CC)CC)N1CCC(OCC2CCCCO2)CC1. The number of guanidine groups is 1. The van der Waals surface area contributed by atoms with Gasteiger partial charge in [0.2, 0.25) is 0 Å². The molecule has 0 aromatic carbocycles. The highest BCUT2D eigenvalue weighted by atomic mass is 16.5. The van der Waals surface area contributed by atoms with Crippen LogP contribution in [-0.4, -0.2) is 80.4 Å². The molecule has 2 aliphatic rings. The quantitative estimate of drug-likeness (QED) is 0.448. The minimum atomic E-state index is 0.162. The Hall–Kier alpha value is -1.57. The van der Waals surface area contributed by atoms with Crippen molar-refractivity contribution in [2.24, 2.45) is 4.99 Å². The number of ether oxygens (including phenoxy) is 2. The number of likely N-dealkylation sites (N-methyl/N-ethyl adjacent to an activating group) is 1. The third-order valence-corrected chi connectivity index (χ3v) is 6.41. The van der Waals surface area contributed by atoms with Crippen LogP contribution in [0.4, 0.5) is 0 Å². The van der Waals surface area contributed by atoms with Gasteiger partial charge in [0.1, 0.15) is 5.76 Å². The van der Waals surface area contributed by atoms with Gasteiger partial charge in [0, 0.05) is 26.2 Å². The molecule has 31 heavy (non-hydrogen) atoms. The highest BCUT2D eigenvalue weighted by Gasteiger charge is 2.25. The number of hydrogen-bond acceptors (Lipinski definition) is 5. The summed E-state index contributed by atoms with van der Waals surface area (Å²) in [4.78, 5) is 9.80. The Kier molecular flexibility index (Phi) is 10.2. The second-order valence-electron chi connectivity index (χ2n) is 8.46. The summed E-state index contributed by atoms with van der Waals surface area (Å²) in [7, 11) is 0. The molecule has 0 saturated carbocycles. The van der Waals surface area contributed by atoms with Gasteiger partial charge in [-0.1, -0.05) is 13.8 Å². The minimum absolute atomic E-state index is 0.162. The summed E-state index contributed by atoms with van der Waals surface area (Å²) in [5.41, 5.74) is 0. The fourth-order valence-corrected chi connectivity index (χ4v) is 4.55. The van der Waals surface area contributed by atoms with E-state index in [9.17, 15) is 0 Å². The minimum Gasteiger partial charge on any atom is -0.468 e. The van der Waals surface area contributed by atoms with Crippen LogP contribution in [0.5, 0.6) is 0 Å². The topological polar surface area (TPSA) is 62.5 Å². The van der Waals surface area contributed by atoms with Gasteiger partial charge in [-0.05, 0) is 64.3 Å². The first-order chi connectivity index (χ1) is 15.2. The average molecular weight is 435 g/mol. The van der Waals surface area contributed by atoms with E-state index in [1.807, 2.05) is 6.07 Å². The van der Waals surface area contributed by atoms with E-state index in [2.05, 4.69) is 42.0 Å². The van der Waals surface area contributed by atoms with Gasteiger partial charge < -0.3 is 24.1 Å². The van der Waals surface area contributed by atoms with Crippen LogP contribution in [0.15, 0.2) is 27.8 Å². The average Bonchev–Trinajstić information content (AvgIpc) is 3.35. The van der Waals surface area contributed by atoms with Gasteiger partial charge in [-0.15, -0.1) is 0 Å². The number of rotatable bonds is 10. The Morgan fingerprint density at radius 2 is 2.03 bits per heavy atom. The molecule has 1 aromatic rings. The summed E-state index contributed by atoms with van der Waals surface area (Å²) < 4.78 is 17.7.